The topological polar surface area (TPSA) is 49.7 Å². The molecule has 0 aliphatic heterocycles. The molecule has 0 saturated carbocycles. The Kier molecular flexibility index (Phi) is 12.1. The number of oxime groups is 1. The Hall–Kier alpha value is -0.860. The minimum atomic E-state index is 0.167. The lowest BCUT2D eigenvalue weighted by Crippen LogP contribution is -1.69. The zero-order valence-corrected chi connectivity index (χ0v) is 5.38. The lowest BCUT2D eigenvalue weighted by molar-refractivity contribution is -0.114. The van der Waals surface area contributed by atoms with Crippen molar-refractivity contribution >= 4 is 12.0 Å². The van der Waals surface area contributed by atoms with Crippen LogP contribution in [0.5, 0.6) is 0 Å². The lowest BCUT2D eigenvalue weighted by atomic mass is 10.6. The standard InChI is InChI=1S/C3H6O.C2H5NO/c1-3(2)4;1-2-3-4/h1-2H3;2,4H,1H3. The molecule has 0 aromatic rings. The molecule has 8 heavy (non-hydrogen) atoms. The lowest BCUT2D eigenvalue weighted by Gasteiger charge is -1.56. The van der Waals surface area contributed by atoms with Crippen LogP contribution in [-0.2, 0) is 4.79 Å². The maximum Gasteiger partial charge on any atom is 0.126 e. The average molecular weight is 117 g/mol. The normalized spacial score (nSPS) is 7.88. The fourth-order valence-electron chi connectivity index (χ4n) is 0. The van der Waals surface area contributed by atoms with Gasteiger partial charge in [0.05, 0.1) is 0 Å². The number of carbonyl (C=O) groups is 1. The SMILES string of the molecule is CC(C)=O.CC=NO. The number of hydrogen-bond acceptors (Lipinski definition) is 3. The zero-order valence-electron chi connectivity index (χ0n) is 5.38. The van der Waals surface area contributed by atoms with Crippen molar-refractivity contribution in [2.24, 2.45) is 5.16 Å². The predicted molar refractivity (Wildman–Crippen MR) is 32.3 cm³/mol. The highest BCUT2D eigenvalue weighted by Gasteiger charge is 1.62. The molecule has 0 heterocycles. The highest BCUT2D eigenvalue weighted by molar-refractivity contribution is 5.72. The summed E-state index contributed by atoms with van der Waals surface area (Å²) in [5, 5.41) is 10.1. The van der Waals surface area contributed by atoms with Crippen LogP contribution in [0, 0.1) is 0 Å². The van der Waals surface area contributed by atoms with Crippen LogP contribution in [0.15, 0.2) is 5.16 Å². The van der Waals surface area contributed by atoms with Gasteiger partial charge in [-0.15, -0.1) is 5.16 Å². The van der Waals surface area contributed by atoms with Gasteiger partial charge in [0.2, 0.25) is 0 Å². The molecule has 0 aliphatic carbocycles. The van der Waals surface area contributed by atoms with Crippen LogP contribution in [0.1, 0.15) is 20.8 Å². The Morgan fingerprint density at radius 3 is 1.75 bits per heavy atom. The van der Waals surface area contributed by atoms with E-state index in [0.717, 1.165) is 0 Å². The molecule has 0 aliphatic rings. The Morgan fingerprint density at radius 2 is 1.75 bits per heavy atom. The fraction of sp³-hybridized carbons (Fsp3) is 0.600. The van der Waals surface area contributed by atoms with Gasteiger partial charge in [0.1, 0.15) is 5.78 Å². The Labute approximate surface area is 49.0 Å². The number of ketones is 1. The Morgan fingerprint density at radius 1 is 1.62 bits per heavy atom. The zero-order chi connectivity index (χ0) is 6.99. The molecule has 1 N–H and O–H groups in total. The molecule has 48 valence electrons. The first kappa shape index (κ1) is 10.2. The van der Waals surface area contributed by atoms with E-state index in [9.17, 15) is 4.79 Å². The van der Waals surface area contributed by atoms with E-state index in [1.807, 2.05) is 0 Å². The minimum absolute atomic E-state index is 0.167. The average Bonchev–Trinajstić information content (AvgIpc) is 1.65. The molecule has 0 radical (unpaired) electrons. The van der Waals surface area contributed by atoms with Crippen molar-refractivity contribution in [3.05, 3.63) is 0 Å². The summed E-state index contributed by atoms with van der Waals surface area (Å²) in [6.07, 6.45) is 1.31. The van der Waals surface area contributed by atoms with Crippen molar-refractivity contribution in [2.45, 2.75) is 20.8 Å². The molecular weight excluding hydrogens is 106 g/mol. The van der Waals surface area contributed by atoms with Gasteiger partial charge in [-0.05, 0) is 20.8 Å². The van der Waals surface area contributed by atoms with Gasteiger partial charge in [-0.1, -0.05) is 0 Å². The van der Waals surface area contributed by atoms with Crippen LogP contribution < -0.4 is 0 Å². The summed E-state index contributed by atoms with van der Waals surface area (Å²) in [5.74, 6) is 0.167. The molecule has 0 amide bonds. The summed E-state index contributed by atoms with van der Waals surface area (Å²) in [4.78, 5) is 9.44. The quantitative estimate of drug-likeness (QED) is 0.293. The molecule has 0 unspecified atom stereocenters. The number of Topliss-reactive ketones (excluding diaryl/α,β-unsaturated/α-hetero) is 1. The monoisotopic (exact) mass is 117 g/mol. The maximum absolute atomic E-state index is 9.44. The van der Waals surface area contributed by atoms with E-state index in [-0.39, 0.29) is 5.78 Å². The highest BCUT2D eigenvalue weighted by atomic mass is 16.4. The van der Waals surface area contributed by atoms with E-state index in [1.54, 1.807) is 6.92 Å². The van der Waals surface area contributed by atoms with Crippen molar-refractivity contribution in [2.75, 3.05) is 0 Å². The highest BCUT2D eigenvalue weighted by Crippen LogP contribution is 1.50. The first-order valence-corrected chi connectivity index (χ1v) is 2.24. The molecule has 0 fully saturated rings. The third-order valence-corrected chi connectivity index (χ3v) is 0.115. The maximum atomic E-state index is 9.44. The summed E-state index contributed by atoms with van der Waals surface area (Å²) in [5.41, 5.74) is 0. The molecule has 0 saturated heterocycles. The summed E-state index contributed by atoms with van der Waals surface area (Å²) in [7, 11) is 0. The summed E-state index contributed by atoms with van der Waals surface area (Å²) < 4.78 is 0. The molecule has 0 aromatic heterocycles. The molecule has 3 nitrogen and oxygen atoms in total. The number of carbonyl (C=O) groups excluding carboxylic acids is 1. The van der Waals surface area contributed by atoms with Crippen molar-refractivity contribution in [3.8, 4) is 0 Å². The van der Waals surface area contributed by atoms with Crippen molar-refractivity contribution in [3.63, 3.8) is 0 Å². The summed E-state index contributed by atoms with van der Waals surface area (Å²) in [6.45, 7) is 4.69. The Bertz CT molecular complexity index is 70.5. The van der Waals surface area contributed by atoms with E-state index in [1.165, 1.54) is 20.1 Å². The molecule has 3 heteroatoms. The minimum Gasteiger partial charge on any atom is -0.411 e. The fourth-order valence-corrected chi connectivity index (χ4v) is 0. The van der Waals surface area contributed by atoms with Crippen molar-refractivity contribution in [1.29, 1.82) is 0 Å². The number of nitrogens with zero attached hydrogens (tertiary/aromatic N) is 1. The molecule has 0 atom stereocenters. The van der Waals surface area contributed by atoms with E-state index in [0.29, 0.717) is 0 Å². The van der Waals surface area contributed by atoms with E-state index < -0.39 is 0 Å². The van der Waals surface area contributed by atoms with Gasteiger partial charge in [-0.25, -0.2) is 0 Å². The van der Waals surface area contributed by atoms with E-state index in [2.05, 4.69) is 5.16 Å². The van der Waals surface area contributed by atoms with Gasteiger partial charge in [-0.3, -0.25) is 0 Å². The van der Waals surface area contributed by atoms with Gasteiger partial charge >= 0.3 is 0 Å². The third kappa shape index (κ3) is 4490. The second-order valence-corrected chi connectivity index (χ2v) is 1.28. The summed E-state index contributed by atoms with van der Waals surface area (Å²) in [6, 6.07) is 0. The van der Waals surface area contributed by atoms with Crippen LogP contribution in [-0.4, -0.2) is 17.2 Å². The predicted octanol–water partition coefficient (Wildman–Crippen LogP) is 1.06. The molecule has 0 spiro atoms. The van der Waals surface area contributed by atoms with Gasteiger partial charge < -0.3 is 10.0 Å². The van der Waals surface area contributed by atoms with Crippen LogP contribution >= 0.6 is 0 Å². The molecule has 0 rings (SSSR count). The van der Waals surface area contributed by atoms with E-state index in [4.69, 9.17) is 5.21 Å². The van der Waals surface area contributed by atoms with Crippen LogP contribution in [0.2, 0.25) is 0 Å². The van der Waals surface area contributed by atoms with Crippen LogP contribution in [0.4, 0.5) is 0 Å². The first-order valence-electron chi connectivity index (χ1n) is 2.24. The van der Waals surface area contributed by atoms with Crippen LogP contribution in [0.25, 0.3) is 0 Å². The van der Waals surface area contributed by atoms with E-state index >= 15 is 0 Å². The first-order chi connectivity index (χ1) is 3.65. The van der Waals surface area contributed by atoms with Crippen LogP contribution in [0.3, 0.4) is 0 Å². The van der Waals surface area contributed by atoms with Crippen molar-refractivity contribution in [1.82, 2.24) is 0 Å². The van der Waals surface area contributed by atoms with Crippen molar-refractivity contribution < 1.29 is 10.0 Å². The second kappa shape index (κ2) is 9.46. The molecule has 0 aromatic carbocycles. The molecular formula is C5H11NO2. The third-order valence-electron chi connectivity index (χ3n) is 0.115. The summed E-state index contributed by atoms with van der Waals surface area (Å²) >= 11 is 0. The molecule has 0 bridgehead atoms. The number of hydrogen-bond donors (Lipinski definition) is 1. The van der Waals surface area contributed by atoms with Gasteiger partial charge in [0.15, 0.2) is 0 Å². The second-order valence-electron chi connectivity index (χ2n) is 1.28. The van der Waals surface area contributed by atoms with Gasteiger partial charge in [-0.2, -0.15) is 0 Å². The van der Waals surface area contributed by atoms with Gasteiger partial charge in [0.25, 0.3) is 0 Å². The largest absolute Gasteiger partial charge is 0.411 e. The van der Waals surface area contributed by atoms with Gasteiger partial charge in [0, 0.05) is 6.21 Å². The number of rotatable bonds is 0. The Balaban J connectivity index is 0. The smallest absolute Gasteiger partial charge is 0.126 e.